The number of benzene rings is 1. The van der Waals surface area contributed by atoms with Crippen molar-refractivity contribution in [2.75, 3.05) is 0 Å². The van der Waals surface area contributed by atoms with Crippen LogP contribution in [-0.4, -0.2) is 43.7 Å². The molecular formula is C31H39N5O4. The van der Waals surface area contributed by atoms with Crippen molar-refractivity contribution in [1.29, 1.82) is 5.26 Å². The molecule has 0 spiro atoms. The van der Waals surface area contributed by atoms with Gasteiger partial charge in [-0.05, 0) is 88.8 Å². The van der Waals surface area contributed by atoms with Crippen molar-refractivity contribution >= 4 is 5.78 Å². The quantitative estimate of drug-likeness (QED) is 0.260. The zero-order valence-electron chi connectivity index (χ0n) is 23.5. The van der Waals surface area contributed by atoms with Gasteiger partial charge in [0.15, 0.2) is 5.78 Å². The number of nitrogens with one attached hydrogen (secondary N) is 1. The van der Waals surface area contributed by atoms with E-state index in [0.29, 0.717) is 29.2 Å². The van der Waals surface area contributed by atoms with Crippen molar-refractivity contribution in [3.05, 3.63) is 71.7 Å². The van der Waals surface area contributed by atoms with Crippen LogP contribution in [0.1, 0.15) is 87.5 Å². The molecule has 2 aromatic heterocycles. The van der Waals surface area contributed by atoms with Crippen LogP contribution in [0.5, 0.6) is 5.88 Å². The van der Waals surface area contributed by atoms with Crippen LogP contribution in [0.4, 0.5) is 0 Å². The van der Waals surface area contributed by atoms with Gasteiger partial charge in [-0.25, -0.2) is 4.68 Å². The van der Waals surface area contributed by atoms with Crippen LogP contribution in [0.2, 0.25) is 0 Å². The molecule has 1 atom stereocenters. The predicted molar refractivity (Wildman–Crippen MR) is 151 cm³/mol. The van der Waals surface area contributed by atoms with E-state index in [0.717, 1.165) is 44.2 Å². The van der Waals surface area contributed by atoms with E-state index in [1.807, 2.05) is 39.0 Å². The minimum Gasteiger partial charge on any atom is -0.471 e. The summed E-state index contributed by atoms with van der Waals surface area (Å²) < 4.78 is 13.3. The fraction of sp³-hybridized carbons (Fsp3) is 0.484. The molecule has 1 aromatic carbocycles. The average molecular weight is 546 g/mol. The van der Waals surface area contributed by atoms with Crippen LogP contribution in [0, 0.1) is 17.2 Å². The Bertz CT molecular complexity index is 1270. The largest absolute Gasteiger partial charge is 0.471 e. The summed E-state index contributed by atoms with van der Waals surface area (Å²) in [6.45, 7) is 5.99. The van der Waals surface area contributed by atoms with Gasteiger partial charge in [0, 0.05) is 24.7 Å². The molecule has 1 saturated carbocycles. The number of carbonyl (C=O) groups is 1. The van der Waals surface area contributed by atoms with Gasteiger partial charge < -0.3 is 14.6 Å². The Balaban J connectivity index is 1.39. The van der Waals surface area contributed by atoms with E-state index >= 15 is 0 Å². The van der Waals surface area contributed by atoms with Crippen molar-refractivity contribution < 1.29 is 19.4 Å². The second-order valence-electron chi connectivity index (χ2n) is 11.3. The number of aliphatic hydroxyl groups is 1. The van der Waals surface area contributed by atoms with Gasteiger partial charge in [-0.2, -0.15) is 10.4 Å². The Morgan fingerprint density at radius 2 is 1.88 bits per heavy atom. The second kappa shape index (κ2) is 13.7. The maximum Gasteiger partial charge on any atom is 0.217 e. The number of rotatable bonds is 10. The molecule has 1 unspecified atom stereocenters. The summed E-state index contributed by atoms with van der Waals surface area (Å²) >= 11 is 0. The van der Waals surface area contributed by atoms with Gasteiger partial charge in [0.25, 0.3) is 0 Å². The number of hydrogen-bond donors (Lipinski definition) is 2. The number of hydrogen-bond acceptors (Lipinski definition) is 8. The monoisotopic (exact) mass is 545 g/mol. The van der Waals surface area contributed by atoms with E-state index in [4.69, 9.17) is 14.7 Å². The third kappa shape index (κ3) is 8.71. The van der Waals surface area contributed by atoms with Gasteiger partial charge in [0.05, 0.1) is 28.6 Å². The number of nitrogens with zero attached hydrogens (tertiary/aromatic N) is 4. The van der Waals surface area contributed by atoms with Crippen LogP contribution in [-0.2, 0) is 11.3 Å². The summed E-state index contributed by atoms with van der Waals surface area (Å²) in [6.07, 6.45) is 6.83. The second-order valence-corrected chi connectivity index (χ2v) is 11.3. The fourth-order valence-corrected chi connectivity index (χ4v) is 5.00. The molecule has 0 radical (unpaired) electrons. The van der Waals surface area contributed by atoms with Crippen LogP contribution in [0.3, 0.4) is 0 Å². The average Bonchev–Trinajstić information content (AvgIpc) is 3.34. The van der Waals surface area contributed by atoms with Crippen LogP contribution < -0.4 is 10.1 Å². The van der Waals surface area contributed by atoms with E-state index in [1.165, 1.54) is 0 Å². The molecule has 2 N–H and O–H groups in total. The topological polar surface area (TPSA) is 122 Å². The lowest BCUT2D eigenvalue weighted by Crippen LogP contribution is -2.44. The highest BCUT2D eigenvalue weighted by Crippen LogP contribution is 2.28. The van der Waals surface area contributed by atoms with Gasteiger partial charge >= 0.3 is 0 Å². The third-order valence-electron chi connectivity index (χ3n) is 6.94. The first kappa shape index (κ1) is 29.4. The van der Waals surface area contributed by atoms with Gasteiger partial charge in [-0.15, -0.1) is 0 Å². The van der Waals surface area contributed by atoms with E-state index in [1.54, 1.807) is 41.2 Å². The molecule has 9 nitrogen and oxygen atoms in total. The van der Waals surface area contributed by atoms with Crippen LogP contribution in [0.15, 0.2) is 54.7 Å². The molecule has 0 amide bonds. The Hall–Kier alpha value is -3.58. The Kier molecular flexibility index (Phi) is 10.0. The molecule has 212 valence electrons. The zero-order valence-corrected chi connectivity index (χ0v) is 23.5. The highest BCUT2D eigenvalue weighted by molar-refractivity contribution is 5.94. The van der Waals surface area contributed by atoms with Gasteiger partial charge in [0.2, 0.25) is 12.3 Å². The standard InChI is InChI=1S/C31H39N5O4/c1-31(2,3)40-30(38)34-24-11-6-8-22(9-7-12-24)18-28(37)27-19-29(39-21-25-10-4-5-17-33-25)36(35-27)26-15-13-23(20-32)14-16-26/h4-5,10,13-17,19,22,24,30,34,38H,6-9,11-12,18,21H2,1-3H3. The summed E-state index contributed by atoms with van der Waals surface area (Å²) in [6, 6.07) is 16.6. The van der Waals surface area contributed by atoms with Crippen molar-refractivity contribution in [1.82, 2.24) is 20.1 Å². The molecular weight excluding hydrogens is 506 g/mol. The molecule has 3 aromatic rings. The number of nitriles is 1. The maximum absolute atomic E-state index is 13.4. The predicted octanol–water partition coefficient (Wildman–Crippen LogP) is 5.31. The summed E-state index contributed by atoms with van der Waals surface area (Å²) in [5, 5.41) is 27.2. The molecule has 40 heavy (non-hydrogen) atoms. The molecule has 0 aliphatic heterocycles. The van der Waals surface area contributed by atoms with Crippen molar-refractivity contribution in [2.45, 2.75) is 90.4 Å². The SMILES string of the molecule is CC(C)(C)OC(O)NC1CCCC(CC(=O)c2cc(OCc3ccccn3)n(-c3ccc(C#N)cc3)n2)CCC1. The smallest absolute Gasteiger partial charge is 0.217 e. The molecule has 9 heteroatoms. The minimum absolute atomic E-state index is 0.00988. The van der Waals surface area contributed by atoms with E-state index in [-0.39, 0.29) is 24.3 Å². The van der Waals surface area contributed by atoms with Crippen molar-refractivity contribution in [2.24, 2.45) is 5.92 Å². The summed E-state index contributed by atoms with van der Waals surface area (Å²) in [7, 11) is 0. The number of aromatic nitrogens is 3. The van der Waals surface area contributed by atoms with Crippen molar-refractivity contribution in [3.8, 4) is 17.6 Å². The van der Waals surface area contributed by atoms with Crippen LogP contribution in [0.25, 0.3) is 5.69 Å². The molecule has 1 aliphatic rings. The number of pyridine rings is 1. The Labute approximate surface area is 236 Å². The van der Waals surface area contributed by atoms with E-state index in [2.05, 4.69) is 21.5 Å². The maximum atomic E-state index is 13.4. The van der Waals surface area contributed by atoms with Crippen molar-refractivity contribution in [3.63, 3.8) is 0 Å². The first-order chi connectivity index (χ1) is 19.2. The zero-order chi connectivity index (χ0) is 28.5. The molecule has 0 saturated heterocycles. The lowest BCUT2D eigenvalue weighted by molar-refractivity contribution is -0.186. The summed E-state index contributed by atoms with van der Waals surface area (Å²) in [5.74, 6) is 0.716. The van der Waals surface area contributed by atoms with Gasteiger partial charge in [-0.3, -0.25) is 15.1 Å². The van der Waals surface area contributed by atoms with E-state index < -0.39 is 12.0 Å². The fourth-order valence-electron chi connectivity index (χ4n) is 5.00. The number of aliphatic hydroxyl groups excluding tert-OH is 1. The summed E-state index contributed by atoms with van der Waals surface area (Å²) in [5.41, 5.74) is 1.96. The molecule has 0 bridgehead atoms. The third-order valence-corrected chi connectivity index (χ3v) is 6.94. The summed E-state index contributed by atoms with van der Waals surface area (Å²) in [4.78, 5) is 17.7. The molecule has 4 rings (SSSR count). The number of ketones is 1. The number of carbonyl (C=O) groups excluding carboxylic acids is 1. The van der Waals surface area contributed by atoms with Gasteiger partial charge in [0.1, 0.15) is 12.3 Å². The number of Topliss-reactive ketones (excluding diaryl/α,β-unsaturated/α-hetero) is 1. The van der Waals surface area contributed by atoms with Crippen LogP contribution >= 0.6 is 0 Å². The highest BCUT2D eigenvalue weighted by Gasteiger charge is 2.25. The molecule has 1 aliphatic carbocycles. The first-order valence-corrected chi connectivity index (χ1v) is 14.0. The first-order valence-electron chi connectivity index (χ1n) is 14.0. The number of ether oxygens (including phenoxy) is 2. The minimum atomic E-state index is -0.984. The Morgan fingerprint density at radius 1 is 1.15 bits per heavy atom. The lowest BCUT2D eigenvalue weighted by atomic mass is 9.85. The molecule has 1 fully saturated rings. The lowest BCUT2D eigenvalue weighted by Gasteiger charge is -2.30. The van der Waals surface area contributed by atoms with E-state index in [9.17, 15) is 9.90 Å². The molecule has 2 heterocycles. The normalized spacial score (nSPS) is 18.8. The Morgan fingerprint density at radius 3 is 2.50 bits per heavy atom. The van der Waals surface area contributed by atoms with Gasteiger partial charge in [-0.1, -0.05) is 18.9 Å². The highest BCUT2D eigenvalue weighted by atomic mass is 16.6.